The van der Waals surface area contributed by atoms with Gasteiger partial charge in [0.15, 0.2) is 0 Å². The van der Waals surface area contributed by atoms with E-state index >= 15 is 0 Å². The van der Waals surface area contributed by atoms with Gasteiger partial charge in [-0.3, -0.25) is 5.10 Å². The molecule has 0 aliphatic heterocycles. The molecule has 0 saturated carbocycles. The van der Waals surface area contributed by atoms with Crippen LogP contribution in [0.25, 0.3) is 0 Å². The maximum absolute atomic E-state index is 3.88. The van der Waals surface area contributed by atoms with Crippen LogP contribution < -0.4 is 0 Å². The van der Waals surface area contributed by atoms with E-state index in [1.807, 2.05) is 6.07 Å². The maximum atomic E-state index is 3.88. The number of H-pyrrole nitrogens is 1. The van der Waals surface area contributed by atoms with Gasteiger partial charge in [-0.2, -0.15) is 5.10 Å². The van der Waals surface area contributed by atoms with Crippen molar-refractivity contribution in [1.82, 2.24) is 10.2 Å². The smallest absolute Gasteiger partial charge is 0.0490 e. The van der Waals surface area contributed by atoms with Gasteiger partial charge in [-0.05, 0) is 24.8 Å². The molecule has 56 valence electrons. The number of hydrogen-bond donors (Lipinski definition) is 1. The molecule has 1 rings (SSSR count). The summed E-state index contributed by atoms with van der Waals surface area (Å²) in [7, 11) is 0. The van der Waals surface area contributed by atoms with E-state index in [1.165, 1.54) is 12.1 Å². The first-order valence-corrected chi connectivity index (χ1v) is 3.77. The van der Waals surface area contributed by atoms with Crippen molar-refractivity contribution in [2.24, 2.45) is 5.92 Å². The van der Waals surface area contributed by atoms with Crippen molar-refractivity contribution in [3.8, 4) is 0 Å². The SMILES string of the molecule is CC(C)CCc1ccn[nH]1. The summed E-state index contributed by atoms with van der Waals surface area (Å²) in [6, 6.07) is 2.03. The summed E-state index contributed by atoms with van der Waals surface area (Å²) >= 11 is 0. The van der Waals surface area contributed by atoms with Crippen LogP contribution >= 0.6 is 0 Å². The molecule has 1 N–H and O–H groups in total. The van der Waals surface area contributed by atoms with Gasteiger partial charge in [0.2, 0.25) is 0 Å². The number of aryl methyl sites for hydroxylation is 1. The highest BCUT2D eigenvalue weighted by molar-refractivity contribution is 4.97. The molecular formula is C8H14N2. The molecule has 0 aliphatic carbocycles. The molecule has 2 nitrogen and oxygen atoms in total. The monoisotopic (exact) mass is 138 g/mol. The maximum Gasteiger partial charge on any atom is 0.0490 e. The lowest BCUT2D eigenvalue weighted by Crippen LogP contribution is -1.91. The fourth-order valence-electron chi connectivity index (χ4n) is 0.868. The minimum Gasteiger partial charge on any atom is -0.283 e. The summed E-state index contributed by atoms with van der Waals surface area (Å²) in [5.74, 6) is 0.781. The van der Waals surface area contributed by atoms with Crippen molar-refractivity contribution in [3.63, 3.8) is 0 Å². The second kappa shape index (κ2) is 3.40. The quantitative estimate of drug-likeness (QED) is 0.680. The molecule has 0 amide bonds. The fraction of sp³-hybridized carbons (Fsp3) is 0.625. The van der Waals surface area contributed by atoms with Gasteiger partial charge in [0.05, 0.1) is 0 Å². The Morgan fingerprint density at radius 2 is 2.40 bits per heavy atom. The lowest BCUT2D eigenvalue weighted by molar-refractivity contribution is 0.581. The zero-order valence-corrected chi connectivity index (χ0v) is 6.59. The first kappa shape index (κ1) is 7.32. The van der Waals surface area contributed by atoms with E-state index in [1.54, 1.807) is 6.20 Å². The lowest BCUT2D eigenvalue weighted by Gasteiger charge is -2.00. The summed E-state index contributed by atoms with van der Waals surface area (Å²) in [4.78, 5) is 0. The Kier molecular flexibility index (Phi) is 2.49. The molecule has 0 atom stereocenters. The van der Waals surface area contributed by atoms with Gasteiger partial charge in [-0.1, -0.05) is 13.8 Å². The zero-order chi connectivity index (χ0) is 7.40. The Morgan fingerprint density at radius 3 is 2.90 bits per heavy atom. The summed E-state index contributed by atoms with van der Waals surface area (Å²) in [5.41, 5.74) is 1.24. The second-order valence-corrected chi connectivity index (χ2v) is 3.01. The van der Waals surface area contributed by atoms with Crippen LogP contribution in [0.3, 0.4) is 0 Å². The van der Waals surface area contributed by atoms with Crippen LogP contribution in [0, 0.1) is 5.92 Å². The topological polar surface area (TPSA) is 28.7 Å². The molecular weight excluding hydrogens is 124 g/mol. The number of aromatic nitrogens is 2. The first-order chi connectivity index (χ1) is 4.79. The number of rotatable bonds is 3. The molecule has 0 spiro atoms. The van der Waals surface area contributed by atoms with E-state index in [-0.39, 0.29) is 0 Å². The highest BCUT2D eigenvalue weighted by Crippen LogP contribution is 2.04. The van der Waals surface area contributed by atoms with Crippen molar-refractivity contribution in [2.75, 3.05) is 0 Å². The van der Waals surface area contributed by atoms with E-state index in [0.717, 1.165) is 12.3 Å². The fourth-order valence-corrected chi connectivity index (χ4v) is 0.868. The number of aromatic amines is 1. The molecule has 10 heavy (non-hydrogen) atoms. The summed E-state index contributed by atoms with van der Waals surface area (Å²) in [6.45, 7) is 4.47. The largest absolute Gasteiger partial charge is 0.283 e. The molecule has 1 aromatic heterocycles. The van der Waals surface area contributed by atoms with Crippen LogP contribution in [0.5, 0.6) is 0 Å². The van der Waals surface area contributed by atoms with Gasteiger partial charge < -0.3 is 0 Å². The molecule has 2 heteroatoms. The van der Waals surface area contributed by atoms with Gasteiger partial charge >= 0.3 is 0 Å². The molecule has 0 saturated heterocycles. The van der Waals surface area contributed by atoms with Crippen LogP contribution in [0.1, 0.15) is 26.0 Å². The first-order valence-electron chi connectivity index (χ1n) is 3.77. The Balaban J connectivity index is 2.28. The lowest BCUT2D eigenvalue weighted by atomic mass is 10.1. The number of hydrogen-bond acceptors (Lipinski definition) is 1. The van der Waals surface area contributed by atoms with E-state index in [4.69, 9.17) is 0 Å². The van der Waals surface area contributed by atoms with Crippen molar-refractivity contribution in [1.29, 1.82) is 0 Å². The molecule has 0 fully saturated rings. The highest BCUT2D eigenvalue weighted by atomic mass is 15.1. The normalized spacial score (nSPS) is 10.7. The average molecular weight is 138 g/mol. The predicted molar refractivity (Wildman–Crippen MR) is 41.7 cm³/mol. The Morgan fingerprint density at radius 1 is 1.60 bits per heavy atom. The Bertz CT molecular complexity index is 165. The molecule has 0 aliphatic rings. The van der Waals surface area contributed by atoms with E-state index in [0.29, 0.717) is 0 Å². The van der Waals surface area contributed by atoms with Crippen LogP contribution in [0.4, 0.5) is 0 Å². The van der Waals surface area contributed by atoms with Gasteiger partial charge in [0.25, 0.3) is 0 Å². The predicted octanol–water partition coefficient (Wildman–Crippen LogP) is 2.00. The van der Waals surface area contributed by atoms with Gasteiger partial charge in [-0.15, -0.1) is 0 Å². The van der Waals surface area contributed by atoms with Crippen molar-refractivity contribution in [3.05, 3.63) is 18.0 Å². The third-order valence-electron chi connectivity index (χ3n) is 1.55. The van der Waals surface area contributed by atoms with Crippen LogP contribution in [-0.4, -0.2) is 10.2 Å². The second-order valence-electron chi connectivity index (χ2n) is 3.01. The van der Waals surface area contributed by atoms with Crippen molar-refractivity contribution >= 4 is 0 Å². The third-order valence-corrected chi connectivity index (χ3v) is 1.55. The minimum absolute atomic E-state index is 0.781. The molecule has 1 heterocycles. The summed E-state index contributed by atoms with van der Waals surface area (Å²) < 4.78 is 0. The Labute approximate surface area is 61.7 Å². The van der Waals surface area contributed by atoms with E-state index in [9.17, 15) is 0 Å². The van der Waals surface area contributed by atoms with Crippen molar-refractivity contribution < 1.29 is 0 Å². The van der Waals surface area contributed by atoms with E-state index in [2.05, 4.69) is 24.0 Å². The van der Waals surface area contributed by atoms with Crippen LogP contribution in [0.15, 0.2) is 12.3 Å². The molecule has 0 radical (unpaired) electrons. The Hall–Kier alpha value is -0.790. The zero-order valence-electron chi connectivity index (χ0n) is 6.59. The van der Waals surface area contributed by atoms with Gasteiger partial charge in [0.1, 0.15) is 0 Å². The molecule has 0 unspecified atom stereocenters. The highest BCUT2D eigenvalue weighted by Gasteiger charge is 1.96. The van der Waals surface area contributed by atoms with Crippen LogP contribution in [-0.2, 0) is 6.42 Å². The average Bonchev–Trinajstić information content (AvgIpc) is 2.34. The summed E-state index contributed by atoms with van der Waals surface area (Å²) in [5, 5.41) is 6.82. The molecule has 1 aromatic rings. The number of nitrogens with zero attached hydrogens (tertiary/aromatic N) is 1. The van der Waals surface area contributed by atoms with Gasteiger partial charge in [0, 0.05) is 11.9 Å². The minimum atomic E-state index is 0.781. The van der Waals surface area contributed by atoms with Crippen LogP contribution in [0.2, 0.25) is 0 Å². The molecule has 0 bridgehead atoms. The van der Waals surface area contributed by atoms with Gasteiger partial charge in [-0.25, -0.2) is 0 Å². The van der Waals surface area contributed by atoms with E-state index < -0.39 is 0 Å². The standard InChI is InChI=1S/C8H14N2/c1-7(2)3-4-8-5-6-9-10-8/h5-7H,3-4H2,1-2H3,(H,9,10). The molecule has 0 aromatic carbocycles. The summed E-state index contributed by atoms with van der Waals surface area (Å²) in [6.07, 6.45) is 4.16. The third kappa shape index (κ3) is 2.21. The number of nitrogens with one attached hydrogen (secondary N) is 1. The van der Waals surface area contributed by atoms with Crippen molar-refractivity contribution in [2.45, 2.75) is 26.7 Å².